The van der Waals surface area contributed by atoms with E-state index in [-0.39, 0.29) is 24.0 Å². The van der Waals surface area contributed by atoms with Gasteiger partial charge in [-0.15, -0.1) is 0 Å². The molecule has 0 saturated carbocycles. The zero-order chi connectivity index (χ0) is 13.0. The summed E-state index contributed by atoms with van der Waals surface area (Å²) in [6, 6.07) is 9.10. The van der Waals surface area contributed by atoms with Gasteiger partial charge in [0.05, 0.1) is 0 Å². The van der Waals surface area contributed by atoms with Crippen LogP contribution in [-0.2, 0) is 6.54 Å². The first-order valence-electron chi connectivity index (χ1n) is 5.29. The quantitative estimate of drug-likeness (QED) is 0.926. The van der Waals surface area contributed by atoms with Crippen molar-refractivity contribution in [2.24, 2.45) is 0 Å². The van der Waals surface area contributed by atoms with E-state index < -0.39 is 0 Å². The molecule has 1 heterocycles. The lowest BCUT2D eigenvalue weighted by molar-refractivity contribution is 0.0946. The molecule has 3 nitrogen and oxygen atoms in total. The second-order valence-electron chi connectivity index (χ2n) is 3.67. The molecule has 0 spiro atoms. The monoisotopic (exact) mass is 264 g/mol. The standard InChI is InChI=1S/C13H10ClFN2O/c14-10-4-5-16-12(7-10)13(18)17-8-9-2-1-3-11(15)6-9/h1-7H,8H2,(H,17,18). The van der Waals surface area contributed by atoms with Crippen molar-refractivity contribution in [3.63, 3.8) is 0 Å². The number of hydrogen-bond acceptors (Lipinski definition) is 2. The van der Waals surface area contributed by atoms with Gasteiger partial charge in [0.25, 0.3) is 5.91 Å². The Bertz CT molecular complexity index is 574. The van der Waals surface area contributed by atoms with Gasteiger partial charge in [0.15, 0.2) is 0 Å². The molecule has 1 N–H and O–H groups in total. The van der Waals surface area contributed by atoms with Crippen LogP contribution in [0.15, 0.2) is 42.6 Å². The Morgan fingerprint density at radius 2 is 2.17 bits per heavy atom. The summed E-state index contributed by atoms with van der Waals surface area (Å²) in [5.74, 6) is -0.676. The van der Waals surface area contributed by atoms with Crippen LogP contribution in [0.1, 0.15) is 16.1 Å². The largest absolute Gasteiger partial charge is 0.347 e. The van der Waals surface area contributed by atoms with Gasteiger partial charge in [0, 0.05) is 17.8 Å². The van der Waals surface area contributed by atoms with Gasteiger partial charge >= 0.3 is 0 Å². The highest BCUT2D eigenvalue weighted by Crippen LogP contribution is 2.08. The van der Waals surface area contributed by atoms with Gasteiger partial charge < -0.3 is 5.32 Å². The molecular formula is C13H10ClFN2O. The normalized spacial score (nSPS) is 10.1. The maximum Gasteiger partial charge on any atom is 0.270 e. The summed E-state index contributed by atoms with van der Waals surface area (Å²) in [6.45, 7) is 0.241. The van der Waals surface area contributed by atoms with Gasteiger partial charge in [-0.1, -0.05) is 23.7 Å². The predicted molar refractivity (Wildman–Crippen MR) is 66.8 cm³/mol. The number of rotatable bonds is 3. The van der Waals surface area contributed by atoms with Gasteiger partial charge in [-0.3, -0.25) is 9.78 Å². The van der Waals surface area contributed by atoms with Crippen molar-refractivity contribution in [2.75, 3.05) is 0 Å². The van der Waals surface area contributed by atoms with Crippen LogP contribution in [0.3, 0.4) is 0 Å². The van der Waals surface area contributed by atoms with Gasteiger partial charge in [-0.2, -0.15) is 0 Å². The SMILES string of the molecule is O=C(NCc1cccc(F)c1)c1cc(Cl)ccn1. The number of hydrogen-bond donors (Lipinski definition) is 1. The number of carbonyl (C=O) groups excluding carboxylic acids is 1. The molecule has 0 radical (unpaired) electrons. The Kier molecular flexibility index (Phi) is 3.89. The van der Waals surface area contributed by atoms with Crippen molar-refractivity contribution >= 4 is 17.5 Å². The Balaban J connectivity index is 2.00. The first kappa shape index (κ1) is 12.5. The first-order chi connectivity index (χ1) is 8.65. The molecule has 0 saturated heterocycles. The molecule has 1 aromatic heterocycles. The maximum atomic E-state index is 12.9. The Morgan fingerprint density at radius 1 is 1.33 bits per heavy atom. The minimum absolute atomic E-state index is 0.235. The molecule has 0 fully saturated rings. The molecule has 0 aliphatic carbocycles. The van der Waals surface area contributed by atoms with Crippen LogP contribution >= 0.6 is 11.6 Å². The summed E-state index contributed by atoms with van der Waals surface area (Å²) >= 11 is 5.76. The van der Waals surface area contributed by atoms with Crippen molar-refractivity contribution < 1.29 is 9.18 Å². The van der Waals surface area contributed by atoms with E-state index >= 15 is 0 Å². The molecular weight excluding hydrogens is 255 g/mol. The number of carbonyl (C=O) groups is 1. The first-order valence-corrected chi connectivity index (χ1v) is 5.67. The van der Waals surface area contributed by atoms with Crippen LogP contribution in [0, 0.1) is 5.82 Å². The highest BCUT2D eigenvalue weighted by molar-refractivity contribution is 6.30. The molecule has 5 heteroatoms. The second kappa shape index (κ2) is 5.60. The fourth-order valence-electron chi connectivity index (χ4n) is 1.45. The molecule has 92 valence electrons. The zero-order valence-corrected chi connectivity index (χ0v) is 10.1. The van der Waals surface area contributed by atoms with Gasteiger partial charge in [0.2, 0.25) is 0 Å². The smallest absolute Gasteiger partial charge is 0.270 e. The number of nitrogens with one attached hydrogen (secondary N) is 1. The van der Waals surface area contributed by atoms with Gasteiger partial charge in [0.1, 0.15) is 11.5 Å². The summed E-state index contributed by atoms with van der Waals surface area (Å²) in [7, 11) is 0. The van der Waals surface area contributed by atoms with Crippen molar-refractivity contribution in [3.8, 4) is 0 Å². The number of benzene rings is 1. The fraction of sp³-hybridized carbons (Fsp3) is 0.0769. The van der Waals surface area contributed by atoms with Crippen molar-refractivity contribution in [3.05, 3.63) is 64.7 Å². The molecule has 1 amide bonds. The highest BCUT2D eigenvalue weighted by Gasteiger charge is 2.07. The predicted octanol–water partition coefficient (Wildman–Crippen LogP) is 2.80. The third-order valence-corrected chi connectivity index (χ3v) is 2.53. The molecule has 0 aliphatic heterocycles. The molecule has 0 atom stereocenters. The van der Waals surface area contributed by atoms with Gasteiger partial charge in [-0.25, -0.2) is 4.39 Å². The number of amides is 1. The van der Waals surface area contributed by atoms with E-state index in [9.17, 15) is 9.18 Å². The average Bonchev–Trinajstić information content (AvgIpc) is 2.36. The average molecular weight is 265 g/mol. The summed E-state index contributed by atoms with van der Waals surface area (Å²) in [5.41, 5.74) is 0.921. The van der Waals surface area contributed by atoms with E-state index in [0.717, 1.165) is 0 Å². The Morgan fingerprint density at radius 3 is 2.89 bits per heavy atom. The summed E-state index contributed by atoms with van der Waals surface area (Å²) in [6.07, 6.45) is 1.46. The summed E-state index contributed by atoms with van der Waals surface area (Å²) in [4.78, 5) is 15.6. The van der Waals surface area contributed by atoms with Crippen LogP contribution in [0.2, 0.25) is 5.02 Å². The molecule has 1 aromatic carbocycles. The number of halogens is 2. The van der Waals surface area contributed by atoms with E-state index in [1.165, 1.54) is 24.4 Å². The molecule has 0 bridgehead atoms. The fourth-order valence-corrected chi connectivity index (χ4v) is 1.61. The van der Waals surface area contributed by atoms with E-state index in [1.54, 1.807) is 18.2 Å². The number of nitrogens with zero attached hydrogens (tertiary/aromatic N) is 1. The molecule has 2 aromatic rings. The molecule has 0 unspecified atom stereocenters. The lowest BCUT2D eigenvalue weighted by Gasteiger charge is -2.05. The summed E-state index contributed by atoms with van der Waals surface area (Å²) in [5, 5.41) is 3.09. The second-order valence-corrected chi connectivity index (χ2v) is 4.11. The Labute approximate surface area is 109 Å². The van der Waals surface area contributed by atoms with E-state index in [4.69, 9.17) is 11.6 Å². The number of aromatic nitrogens is 1. The number of pyridine rings is 1. The van der Waals surface area contributed by atoms with Crippen molar-refractivity contribution in [1.29, 1.82) is 0 Å². The van der Waals surface area contributed by atoms with Crippen LogP contribution in [-0.4, -0.2) is 10.9 Å². The molecule has 18 heavy (non-hydrogen) atoms. The minimum atomic E-state index is -0.346. The van der Waals surface area contributed by atoms with E-state index in [2.05, 4.69) is 10.3 Å². The van der Waals surface area contributed by atoms with Crippen LogP contribution < -0.4 is 5.32 Å². The lowest BCUT2D eigenvalue weighted by atomic mass is 10.2. The van der Waals surface area contributed by atoms with E-state index in [1.807, 2.05) is 0 Å². The zero-order valence-electron chi connectivity index (χ0n) is 9.36. The van der Waals surface area contributed by atoms with Crippen LogP contribution in [0.4, 0.5) is 4.39 Å². The third-order valence-electron chi connectivity index (χ3n) is 2.30. The van der Waals surface area contributed by atoms with Crippen LogP contribution in [0.5, 0.6) is 0 Å². The van der Waals surface area contributed by atoms with Gasteiger partial charge in [-0.05, 0) is 29.8 Å². The maximum absolute atomic E-state index is 12.9. The molecule has 0 aliphatic rings. The minimum Gasteiger partial charge on any atom is -0.347 e. The Hall–Kier alpha value is -1.94. The summed E-state index contributed by atoms with van der Waals surface area (Å²) < 4.78 is 12.9. The lowest BCUT2D eigenvalue weighted by Crippen LogP contribution is -2.23. The van der Waals surface area contributed by atoms with E-state index in [0.29, 0.717) is 10.6 Å². The van der Waals surface area contributed by atoms with Crippen molar-refractivity contribution in [2.45, 2.75) is 6.54 Å². The topological polar surface area (TPSA) is 42.0 Å². The van der Waals surface area contributed by atoms with Crippen LogP contribution in [0.25, 0.3) is 0 Å². The van der Waals surface area contributed by atoms with Crippen molar-refractivity contribution in [1.82, 2.24) is 10.3 Å². The highest BCUT2D eigenvalue weighted by atomic mass is 35.5. The third kappa shape index (κ3) is 3.28. The molecule has 2 rings (SSSR count).